The molecule has 3 nitrogen and oxygen atoms in total. The molecule has 0 aromatic heterocycles. The maximum atomic E-state index is 11.8. The lowest BCUT2D eigenvalue weighted by atomic mass is 9.86. The van der Waals surface area contributed by atoms with Crippen LogP contribution in [0.2, 0.25) is 0 Å². The van der Waals surface area contributed by atoms with Gasteiger partial charge in [-0.2, -0.15) is 0 Å². The van der Waals surface area contributed by atoms with Crippen LogP contribution >= 0.6 is 0 Å². The lowest BCUT2D eigenvalue weighted by molar-refractivity contribution is -0.122. The van der Waals surface area contributed by atoms with E-state index in [1.807, 2.05) is 0 Å². The molecule has 2 atom stereocenters. The molecular weight excluding hydrogens is 212 g/mol. The average Bonchev–Trinajstić information content (AvgIpc) is 2.27. The molecule has 17 heavy (non-hydrogen) atoms. The van der Waals surface area contributed by atoms with E-state index in [4.69, 9.17) is 0 Å². The SMILES string of the molecule is CC(C)NCCCC(=O)NC1CCCCC1C. The van der Waals surface area contributed by atoms with Crippen LogP contribution in [0.25, 0.3) is 0 Å². The largest absolute Gasteiger partial charge is 0.353 e. The molecule has 1 fully saturated rings. The van der Waals surface area contributed by atoms with Crippen molar-refractivity contribution in [1.82, 2.24) is 10.6 Å². The molecule has 3 heteroatoms. The molecule has 2 N–H and O–H groups in total. The zero-order valence-electron chi connectivity index (χ0n) is 11.6. The highest BCUT2D eigenvalue weighted by atomic mass is 16.1. The summed E-state index contributed by atoms with van der Waals surface area (Å²) in [5.74, 6) is 0.885. The maximum absolute atomic E-state index is 11.8. The van der Waals surface area contributed by atoms with Crippen molar-refractivity contribution in [2.45, 2.75) is 71.4 Å². The van der Waals surface area contributed by atoms with Crippen LogP contribution in [0, 0.1) is 5.92 Å². The molecule has 2 unspecified atom stereocenters. The summed E-state index contributed by atoms with van der Waals surface area (Å²) in [5, 5.41) is 6.52. The summed E-state index contributed by atoms with van der Waals surface area (Å²) in [5.41, 5.74) is 0. The van der Waals surface area contributed by atoms with E-state index in [9.17, 15) is 4.79 Å². The molecule has 1 rings (SSSR count). The first-order chi connectivity index (χ1) is 8.09. The predicted octanol–water partition coefficient (Wildman–Crippen LogP) is 2.46. The van der Waals surface area contributed by atoms with Gasteiger partial charge in [-0.05, 0) is 31.7 Å². The number of nitrogens with one attached hydrogen (secondary N) is 2. The Balaban J connectivity index is 2.11. The summed E-state index contributed by atoms with van der Waals surface area (Å²) in [6.07, 6.45) is 6.61. The van der Waals surface area contributed by atoms with Crippen LogP contribution in [-0.2, 0) is 4.79 Å². The maximum Gasteiger partial charge on any atom is 0.220 e. The highest BCUT2D eigenvalue weighted by Crippen LogP contribution is 2.23. The average molecular weight is 240 g/mol. The van der Waals surface area contributed by atoms with Gasteiger partial charge in [0.1, 0.15) is 0 Å². The van der Waals surface area contributed by atoms with Gasteiger partial charge in [-0.1, -0.05) is 33.6 Å². The summed E-state index contributed by atoms with van der Waals surface area (Å²) in [6, 6.07) is 0.936. The van der Waals surface area contributed by atoms with Gasteiger partial charge in [-0.25, -0.2) is 0 Å². The Hall–Kier alpha value is -0.570. The predicted molar refractivity (Wildman–Crippen MR) is 71.9 cm³/mol. The van der Waals surface area contributed by atoms with Crippen LogP contribution in [0.1, 0.15) is 59.3 Å². The molecule has 0 aromatic rings. The minimum Gasteiger partial charge on any atom is -0.353 e. The van der Waals surface area contributed by atoms with Crippen molar-refractivity contribution in [3.8, 4) is 0 Å². The van der Waals surface area contributed by atoms with Crippen LogP contribution < -0.4 is 10.6 Å². The number of hydrogen-bond donors (Lipinski definition) is 2. The van der Waals surface area contributed by atoms with Crippen LogP contribution in [0.5, 0.6) is 0 Å². The molecule has 0 aliphatic heterocycles. The van der Waals surface area contributed by atoms with Gasteiger partial charge < -0.3 is 10.6 Å². The fraction of sp³-hybridized carbons (Fsp3) is 0.929. The smallest absolute Gasteiger partial charge is 0.220 e. The van der Waals surface area contributed by atoms with Crippen molar-refractivity contribution < 1.29 is 4.79 Å². The van der Waals surface area contributed by atoms with E-state index in [2.05, 4.69) is 31.4 Å². The number of carbonyl (C=O) groups excluding carboxylic acids is 1. The Labute approximate surface area is 106 Å². The van der Waals surface area contributed by atoms with Gasteiger partial charge in [0, 0.05) is 18.5 Å². The highest BCUT2D eigenvalue weighted by Gasteiger charge is 2.22. The van der Waals surface area contributed by atoms with Gasteiger partial charge in [0.15, 0.2) is 0 Å². The van der Waals surface area contributed by atoms with Gasteiger partial charge in [0.25, 0.3) is 0 Å². The van der Waals surface area contributed by atoms with E-state index in [0.717, 1.165) is 19.4 Å². The molecule has 1 amide bonds. The first-order valence-corrected chi connectivity index (χ1v) is 7.12. The van der Waals surface area contributed by atoms with E-state index in [0.29, 0.717) is 24.4 Å². The summed E-state index contributed by atoms with van der Waals surface area (Å²) in [6.45, 7) is 7.45. The fourth-order valence-electron chi connectivity index (χ4n) is 2.45. The molecule has 1 aliphatic carbocycles. The minimum absolute atomic E-state index is 0.231. The van der Waals surface area contributed by atoms with Crippen molar-refractivity contribution in [2.24, 2.45) is 5.92 Å². The molecule has 1 saturated carbocycles. The fourth-order valence-corrected chi connectivity index (χ4v) is 2.45. The van der Waals surface area contributed by atoms with Crippen LogP contribution in [0.4, 0.5) is 0 Å². The Bertz CT molecular complexity index is 228. The third-order valence-corrected chi connectivity index (χ3v) is 3.59. The zero-order valence-corrected chi connectivity index (χ0v) is 11.6. The number of amides is 1. The second kappa shape index (κ2) is 7.70. The zero-order chi connectivity index (χ0) is 12.7. The van der Waals surface area contributed by atoms with Crippen molar-refractivity contribution >= 4 is 5.91 Å². The number of rotatable bonds is 6. The monoisotopic (exact) mass is 240 g/mol. The Morgan fingerprint density at radius 2 is 2.00 bits per heavy atom. The van der Waals surface area contributed by atoms with Gasteiger partial charge in [-0.15, -0.1) is 0 Å². The highest BCUT2D eigenvalue weighted by molar-refractivity contribution is 5.76. The Morgan fingerprint density at radius 1 is 1.29 bits per heavy atom. The molecule has 0 saturated heterocycles. The molecule has 1 aliphatic rings. The summed E-state index contributed by atoms with van der Waals surface area (Å²) in [4.78, 5) is 11.8. The van der Waals surface area contributed by atoms with E-state index in [-0.39, 0.29) is 5.91 Å². The van der Waals surface area contributed by atoms with Crippen molar-refractivity contribution in [2.75, 3.05) is 6.54 Å². The van der Waals surface area contributed by atoms with Crippen molar-refractivity contribution in [3.63, 3.8) is 0 Å². The van der Waals surface area contributed by atoms with Gasteiger partial charge in [0.05, 0.1) is 0 Å². The first-order valence-electron chi connectivity index (χ1n) is 7.12. The lowest BCUT2D eigenvalue weighted by Crippen LogP contribution is -2.41. The molecule has 0 heterocycles. The third kappa shape index (κ3) is 6.06. The van der Waals surface area contributed by atoms with E-state index in [1.54, 1.807) is 0 Å². The number of carbonyl (C=O) groups is 1. The standard InChI is InChI=1S/C14H28N2O/c1-11(2)15-10-6-9-14(17)16-13-8-5-4-7-12(13)3/h11-13,15H,4-10H2,1-3H3,(H,16,17). The molecule has 0 spiro atoms. The lowest BCUT2D eigenvalue weighted by Gasteiger charge is -2.29. The van der Waals surface area contributed by atoms with Gasteiger partial charge in [0.2, 0.25) is 5.91 Å². The van der Waals surface area contributed by atoms with Crippen LogP contribution in [-0.4, -0.2) is 24.5 Å². The Kier molecular flexibility index (Phi) is 6.56. The van der Waals surface area contributed by atoms with Crippen molar-refractivity contribution in [3.05, 3.63) is 0 Å². The normalized spacial score (nSPS) is 24.9. The molecule has 0 radical (unpaired) electrons. The molecule has 100 valence electrons. The van der Waals surface area contributed by atoms with Gasteiger partial charge >= 0.3 is 0 Å². The quantitative estimate of drug-likeness (QED) is 0.700. The molecule has 0 bridgehead atoms. The number of hydrogen-bond acceptors (Lipinski definition) is 2. The molecular formula is C14H28N2O. The van der Waals surface area contributed by atoms with Crippen LogP contribution in [0.15, 0.2) is 0 Å². The van der Waals surface area contributed by atoms with Crippen molar-refractivity contribution in [1.29, 1.82) is 0 Å². The van der Waals surface area contributed by atoms with Crippen LogP contribution in [0.3, 0.4) is 0 Å². The summed E-state index contributed by atoms with van der Waals surface area (Å²) >= 11 is 0. The minimum atomic E-state index is 0.231. The summed E-state index contributed by atoms with van der Waals surface area (Å²) < 4.78 is 0. The second-order valence-electron chi connectivity index (χ2n) is 5.65. The Morgan fingerprint density at radius 3 is 2.65 bits per heavy atom. The third-order valence-electron chi connectivity index (χ3n) is 3.59. The van der Waals surface area contributed by atoms with E-state index >= 15 is 0 Å². The first kappa shape index (κ1) is 14.5. The molecule has 0 aromatic carbocycles. The van der Waals surface area contributed by atoms with Gasteiger partial charge in [-0.3, -0.25) is 4.79 Å². The van der Waals surface area contributed by atoms with E-state index in [1.165, 1.54) is 19.3 Å². The summed E-state index contributed by atoms with van der Waals surface area (Å²) in [7, 11) is 0. The second-order valence-corrected chi connectivity index (χ2v) is 5.65. The van der Waals surface area contributed by atoms with E-state index < -0.39 is 0 Å². The topological polar surface area (TPSA) is 41.1 Å².